The van der Waals surface area contributed by atoms with Crippen LogP contribution in [0.4, 0.5) is 0 Å². The summed E-state index contributed by atoms with van der Waals surface area (Å²) in [4.78, 5) is 2.31. The first-order valence-electron chi connectivity index (χ1n) is 5.62. The molecule has 2 fully saturated rings. The van der Waals surface area contributed by atoms with E-state index in [-0.39, 0.29) is 11.3 Å². The van der Waals surface area contributed by atoms with E-state index in [1.807, 2.05) is 0 Å². The van der Waals surface area contributed by atoms with Crippen LogP contribution in [0.5, 0.6) is 0 Å². The number of piperidine rings is 1. The van der Waals surface area contributed by atoms with Crippen LogP contribution in [0, 0.1) is 28.6 Å². The number of likely N-dealkylation sites (tertiary alicyclic amines) is 1. The molecule has 0 amide bonds. The average Bonchev–Trinajstić information content (AvgIpc) is 2.14. The number of rotatable bonds is 2. The van der Waals surface area contributed by atoms with Crippen LogP contribution in [0.3, 0.4) is 0 Å². The van der Waals surface area contributed by atoms with E-state index in [1.54, 1.807) is 0 Å². The minimum Gasteiger partial charge on any atom is -0.380 e. The Morgan fingerprint density at radius 1 is 1.53 bits per heavy atom. The number of ether oxygens (including phenoxy) is 1. The molecule has 0 saturated carbocycles. The summed E-state index contributed by atoms with van der Waals surface area (Å²) in [6.07, 6.45) is 0. The maximum Gasteiger partial charge on any atom is 0.0693 e. The normalized spacial score (nSPS) is 34.7. The molecule has 2 aliphatic rings. The van der Waals surface area contributed by atoms with Crippen LogP contribution in [-0.4, -0.2) is 44.3 Å². The van der Waals surface area contributed by atoms with Gasteiger partial charge in [-0.25, -0.2) is 0 Å². The lowest BCUT2D eigenvalue weighted by molar-refractivity contribution is -0.187. The van der Waals surface area contributed by atoms with Crippen LogP contribution in [0.1, 0.15) is 6.92 Å². The molecule has 0 bridgehead atoms. The van der Waals surface area contributed by atoms with Crippen LogP contribution >= 0.6 is 0 Å². The molecular weight excluding hydrogens is 190 g/mol. The zero-order chi connectivity index (χ0) is 10.9. The van der Waals surface area contributed by atoms with Gasteiger partial charge in [-0.3, -0.25) is 0 Å². The number of nitriles is 1. The summed E-state index contributed by atoms with van der Waals surface area (Å²) in [7, 11) is 0. The Balaban J connectivity index is 2.07. The Labute approximate surface area is 91.0 Å². The third-order valence-corrected chi connectivity index (χ3v) is 3.99. The second kappa shape index (κ2) is 4.09. The number of nitrogens with zero attached hydrogens (tertiary/aromatic N) is 2. The lowest BCUT2D eigenvalue weighted by Crippen LogP contribution is -2.61. The summed E-state index contributed by atoms with van der Waals surface area (Å²) in [6.45, 7) is 7.26. The van der Waals surface area contributed by atoms with Gasteiger partial charge in [-0.1, -0.05) is 6.92 Å². The fraction of sp³-hybridized carbons (Fsp3) is 0.909. The van der Waals surface area contributed by atoms with E-state index in [4.69, 9.17) is 10.5 Å². The van der Waals surface area contributed by atoms with Crippen LogP contribution in [-0.2, 0) is 4.74 Å². The molecule has 2 unspecified atom stereocenters. The number of hydrogen-bond acceptors (Lipinski definition) is 4. The van der Waals surface area contributed by atoms with Gasteiger partial charge in [-0.05, 0) is 5.92 Å². The van der Waals surface area contributed by atoms with Gasteiger partial charge in [-0.2, -0.15) is 5.26 Å². The SMILES string of the molecule is CC1CN(CCN)CC(C#N)C12COC2. The standard InChI is InChI=1S/C11H19N3O/c1-9-5-14(3-2-12)6-10(4-13)11(9)7-15-8-11/h9-10H,2-3,5-8,12H2,1H3. The second-order valence-electron chi connectivity index (χ2n) is 4.86. The summed E-state index contributed by atoms with van der Waals surface area (Å²) in [5, 5.41) is 9.23. The van der Waals surface area contributed by atoms with Gasteiger partial charge in [0.1, 0.15) is 0 Å². The van der Waals surface area contributed by atoms with E-state index in [2.05, 4.69) is 17.9 Å². The first kappa shape index (κ1) is 10.9. The minimum absolute atomic E-state index is 0.113. The molecular formula is C11H19N3O. The predicted molar refractivity (Wildman–Crippen MR) is 57.0 cm³/mol. The molecule has 1 spiro atoms. The Kier molecular flexibility index (Phi) is 2.96. The van der Waals surface area contributed by atoms with Gasteiger partial charge < -0.3 is 15.4 Å². The molecule has 2 rings (SSSR count). The lowest BCUT2D eigenvalue weighted by Gasteiger charge is -2.54. The summed E-state index contributed by atoms with van der Waals surface area (Å²) in [5.41, 5.74) is 5.70. The van der Waals surface area contributed by atoms with Crippen molar-refractivity contribution in [1.82, 2.24) is 4.90 Å². The monoisotopic (exact) mass is 209 g/mol. The van der Waals surface area contributed by atoms with Crippen molar-refractivity contribution in [2.45, 2.75) is 6.92 Å². The van der Waals surface area contributed by atoms with Gasteiger partial charge >= 0.3 is 0 Å². The molecule has 0 radical (unpaired) electrons. The summed E-state index contributed by atoms with van der Waals surface area (Å²) < 4.78 is 5.32. The molecule has 2 heterocycles. The highest BCUT2D eigenvalue weighted by Crippen LogP contribution is 2.46. The quantitative estimate of drug-likeness (QED) is 0.698. The first-order chi connectivity index (χ1) is 7.23. The predicted octanol–water partition coefficient (Wildman–Crippen LogP) is 0.0532. The van der Waals surface area contributed by atoms with Crippen LogP contribution in [0.15, 0.2) is 0 Å². The summed E-state index contributed by atoms with van der Waals surface area (Å²) in [5.74, 6) is 0.651. The molecule has 0 aromatic carbocycles. The summed E-state index contributed by atoms with van der Waals surface area (Å²) in [6, 6.07) is 2.45. The fourth-order valence-corrected chi connectivity index (χ4v) is 2.79. The zero-order valence-electron chi connectivity index (χ0n) is 9.28. The maximum absolute atomic E-state index is 9.23. The van der Waals surface area contributed by atoms with E-state index in [1.165, 1.54) is 0 Å². The molecule has 84 valence electrons. The highest BCUT2D eigenvalue weighted by molar-refractivity contribution is 5.08. The topological polar surface area (TPSA) is 62.3 Å². The molecule has 2 saturated heterocycles. The highest BCUT2D eigenvalue weighted by Gasteiger charge is 2.53. The second-order valence-corrected chi connectivity index (χ2v) is 4.86. The van der Waals surface area contributed by atoms with Gasteiger partial charge in [-0.15, -0.1) is 0 Å². The maximum atomic E-state index is 9.23. The van der Waals surface area contributed by atoms with E-state index in [9.17, 15) is 5.26 Å². The molecule has 0 aromatic heterocycles. The van der Waals surface area contributed by atoms with E-state index >= 15 is 0 Å². The van der Waals surface area contributed by atoms with Crippen molar-refractivity contribution in [2.24, 2.45) is 23.0 Å². The van der Waals surface area contributed by atoms with Crippen molar-refractivity contribution in [1.29, 1.82) is 5.26 Å². The average molecular weight is 209 g/mol. The third-order valence-electron chi connectivity index (χ3n) is 3.99. The van der Waals surface area contributed by atoms with Crippen LogP contribution in [0.2, 0.25) is 0 Å². The van der Waals surface area contributed by atoms with Gasteiger partial charge in [0.15, 0.2) is 0 Å². The molecule has 2 N–H and O–H groups in total. The molecule has 0 aliphatic carbocycles. The smallest absolute Gasteiger partial charge is 0.0693 e. The van der Waals surface area contributed by atoms with Crippen molar-refractivity contribution in [3.8, 4) is 6.07 Å². The van der Waals surface area contributed by atoms with Crippen LogP contribution in [0.25, 0.3) is 0 Å². The first-order valence-corrected chi connectivity index (χ1v) is 5.62. The Bertz CT molecular complexity index is 269. The number of hydrogen-bond donors (Lipinski definition) is 1. The molecule has 15 heavy (non-hydrogen) atoms. The van der Waals surface area contributed by atoms with Crippen LogP contribution < -0.4 is 5.73 Å². The van der Waals surface area contributed by atoms with Crippen molar-refractivity contribution >= 4 is 0 Å². The Morgan fingerprint density at radius 2 is 2.27 bits per heavy atom. The Hall–Kier alpha value is -0.630. The van der Waals surface area contributed by atoms with Crippen molar-refractivity contribution < 1.29 is 4.74 Å². The van der Waals surface area contributed by atoms with E-state index in [0.29, 0.717) is 12.5 Å². The van der Waals surface area contributed by atoms with E-state index < -0.39 is 0 Å². The lowest BCUT2D eigenvalue weighted by atomic mass is 9.63. The molecule has 0 aromatic rings. The van der Waals surface area contributed by atoms with Crippen molar-refractivity contribution in [3.63, 3.8) is 0 Å². The molecule has 4 heteroatoms. The highest BCUT2D eigenvalue weighted by atomic mass is 16.5. The third kappa shape index (κ3) is 1.65. The van der Waals surface area contributed by atoms with Gasteiger partial charge in [0.2, 0.25) is 0 Å². The van der Waals surface area contributed by atoms with E-state index in [0.717, 1.165) is 32.8 Å². The largest absolute Gasteiger partial charge is 0.380 e. The molecule has 2 aliphatic heterocycles. The molecule has 4 nitrogen and oxygen atoms in total. The zero-order valence-corrected chi connectivity index (χ0v) is 9.28. The number of nitrogens with two attached hydrogens (primary N) is 1. The van der Waals surface area contributed by atoms with Gasteiger partial charge in [0, 0.05) is 31.6 Å². The van der Waals surface area contributed by atoms with Crippen molar-refractivity contribution in [2.75, 3.05) is 39.4 Å². The minimum atomic E-state index is 0.113. The fourth-order valence-electron chi connectivity index (χ4n) is 2.79. The summed E-state index contributed by atoms with van der Waals surface area (Å²) >= 11 is 0. The molecule has 2 atom stereocenters. The van der Waals surface area contributed by atoms with Crippen molar-refractivity contribution in [3.05, 3.63) is 0 Å². The van der Waals surface area contributed by atoms with Gasteiger partial charge in [0.05, 0.1) is 25.2 Å². The van der Waals surface area contributed by atoms with Gasteiger partial charge in [0.25, 0.3) is 0 Å². The Morgan fingerprint density at radius 3 is 2.73 bits per heavy atom.